The Morgan fingerprint density at radius 3 is 1.85 bits per heavy atom. The minimum atomic E-state index is 0.0750. The lowest BCUT2D eigenvalue weighted by Gasteiger charge is -2.26. The van der Waals surface area contributed by atoms with E-state index >= 15 is 0 Å². The van der Waals surface area contributed by atoms with Crippen molar-refractivity contribution in [3.63, 3.8) is 0 Å². The number of hydrogen-bond donors (Lipinski definition) is 0. The quantitative estimate of drug-likeness (QED) is 0.174. The van der Waals surface area contributed by atoms with Crippen molar-refractivity contribution in [2.75, 3.05) is 0 Å². The Balaban J connectivity index is 0.986. The second-order valence-corrected chi connectivity index (χ2v) is 16.7. The number of hydrogen-bond acceptors (Lipinski definition) is 4. The topological polar surface area (TPSA) is 56.7 Å². The molecule has 11 aromatic rings. The molecule has 3 aromatic heterocycles. The molecule has 0 aliphatic heterocycles. The highest BCUT2D eigenvalue weighted by Crippen LogP contribution is 2.58. The first-order valence-corrected chi connectivity index (χ1v) is 21.3. The maximum Gasteiger partial charge on any atom is 0.164 e. The highest BCUT2D eigenvalue weighted by Gasteiger charge is 2.45. The molecule has 5 nitrogen and oxygen atoms in total. The van der Waals surface area contributed by atoms with Crippen LogP contribution in [0.2, 0.25) is 0 Å². The van der Waals surface area contributed by atoms with E-state index in [1.54, 1.807) is 0 Å². The number of rotatable bonds is 5. The normalized spacial score (nSPS) is 14.1. The van der Waals surface area contributed by atoms with E-state index in [1.807, 2.05) is 24.3 Å². The van der Waals surface area contributed by atoms with Crippen LogP contribution in [0.4, 0.5) is 0 Å². The Morgan fingerprint density at radius 1 is 0.393 bits per heavy atom. The van der Waals surface area contributed by atoms with Crippen LogP contribution in [0.3, 0.4) is 0 Å². The Kier molecular flexibility index (Phi) is 7.41. The third-order valence-electron chi connectivity index (χ3n) is 13.4. The summed E-state index contributed by atoms with van der Waals surface area (Å²) in [6.45, 7) is 0. The van der Waals surface area contributed by atoms with Gasteiger partial charge in [0.25, 0.3) is 0 Å². The number of furan rings is 1. The zero-order chi connectivity index (χ0) is 40.1. The summed E-state index contributed by atoms with van der Waals surface area (Å²) in [6, 6.07) is 65.0. The predicted molar refractivity (Wildman–Crippen MR) is 248 cm³/mol. The van der Waals surface area contributed by atoms with Gasteiger partial charge >= 0.3 is 0 Å². The van der Waals surface area contributed by atoms with E-state index in [0.29, 0.717) is 17.5 Å². The predicted octanol–water partition coefficient (Wildman–Crippen LogP) is 14.4. The molecule has 5 heteroatoms. The molecule has 2 aliphatic carbocycles. The fraction of sp³-hybridized carbons (Fsp3) is 0.0893. The SMILES string of the molecule is c1ccc(-c2ccc(-c3nc(-c4cccc(-n5c6ccccc6c6cc7c(cc65)C5(CCCC5)c5ccccc5-7)c4)nc(-c4ccc5c(c4)oc4ccccc45)n3)cc2)cc1. The van der Waals surface area contributed by atoms with Crippen LogP contribution in [0.25, 0.3) is 106 Å². The molecule has 1 spiro atoms. The molecule has 0 atom stereocenters. The Morgan fingerprint density at radius 2 is 1.02 bits per heavy atom. The number of benzene rings is 8. The third kappa shape index (κ3) is 5.23. The van der Waals surface area contributed by atoms with Gasteiger partial charge in [-0.15, -0.1) is 0 Å². The van der Waals surface area contributed by atoms with Crippen molar-refractivity contribution < 1.29 is 4.42 Å². The Bertz CT molecular complexity index is 3540. The van der Waals surface area contributed by atoms with Crippen LogP contribution in [-0.2, 0) is 5.41 Å². The molecule has 0 amide bonds. The summed E-state index contributed by atoms with van der Waals surface area (Å²) in [5, 5.41) is 4.68. The number of aromatic nitrogens is 4. The molecule has 0 saturated heterocycles. The summed E-state index contributed by atoms with van der Waals surface area (Å²) in [4.78, 5) is 15.6. The van der Waals surface area contributed by atoms with Gasteiger partial charge in [-0.3, -0.25) is 0 Å². The maximum absolute atomic E-state index is 6.33. The van der Waals surface area contributed by atoms with Gasteiger partial charge in [-0.2, -0.15) is 0 Å². The molecule has 0 N–H and O–H groups in total. The summed E-state index contributed by atoms with van der Waals surface area (Å²) >= 11 is 0. The first-order valence-electron chi connectivity index (χ1n) is 21.3. The van der Waals surface area contributed by atoms with Gasteiger partial charge in [0.05, 0.1) is 11.0 Å². The minimum absolute atomic E-state index is 0.0750. The van der Waals surface area contributed by atoms with Crippen molar-refractivity contribution in [2.24, 2.45) is 0 Å². The highest BCUT2D eigenvalue weighted by molar-refractivity contribution is 6.12. The average molecular weight is 783 g/mol. The van der Waals surface area contributed by atoms with Crippen LogP contribution < -0.4 is 0 Å². The fourth-order valence-corrected chi connectivity index (χ4v) is 10.6. The van der Waals surface area contributed by atoms with Gasteiger partial charge in [0, 0.05) is 49.3 Å². The molecule has 1 fully saturated rings. The molecule has 8 aromatic carbocycles. The summed E-state index contributed by atoms with van der Waals surface area (Å²) in [6.07, 6.45) is 4.91. The monoisotopic (exact) mass is 782 g/mol. The lowest BCUT2D eigenvalue weighted by molar-refractivity contribution is 0.550. The van der Waals surface area contributed by atoms with Gasteiger partial charge in [-0.05, 0) is 94.8 Å². The van der Waals surface area contributed by atoms with E-state index in [2.05, 4.69) is 162 Å². The molecule has 13 rings (SSSR count). The van der Waals surface area contributed by atoms with Crippen molar-refractivity contribution >= 4 is 43.7 Å². The van der Waals surface area contributed by atoms with Crippen molar-refractivity contribution in [3.05, 3.63) is 193 Å². The zero-order valence-electron chi connectivity index (χ0n) is 33.3. The maximum atomic E-state index is 6.33. The van der Waals surface area contributed by atoms with Gasteiger partial charge in [0.2, 0.25) is 0 Å². The lowest BCUT2D eigenvalue weighted by Crippen LogP contribution is -2.20. The molecule has 2 aliphatic rings. The van der Waals surface area contributed by atoms with Crippen LogP contribution in [0.15, 0.2) is 186 Å². The van der Waals surface area contributed by atoms with Crippen LogP contribution in [0.5, 0.6) is 0 Å². The zero-order valence-corrected chi connectivity index (χ0v) is 33.3. The van der Waals surface area contributed by atoms with E-state index < -0.39 is 0 Å². The molecule has 288 valence electrons. The van der Waals surface area contributed by atoms with E-state index in [0.717, 1.165) is 49.9 Å². The second kappa shape index (κ2) is 13.2. The molecule has 61 heavy (non-hydrogen) atoms. The van der Waals surface area contributed by atoms with Crippen LogP contribution in [-0.4, -0.2) is 19.5 Å². The summed E-state index contributed by atoms with van der Waals surface area (Å²) in [5.74, 6) is 1.82. The highest BCUT2D eigenvalue weighted by atomic mass is 16.3. The average Bonchev–Trinajstić information content (AvgIpc) is 4.11. The molecular weight excluding hydrogens is 745 g/mol. The Hall–Kier alpha value is -7.63. The summed E-state index contributed by atoms with van der Waals surface area (Å²) < 4.78 is 8.77. The smallest absolute Gasteiger partial charge is 0.164 e. The van der Waals surface area contributed by atoms with Crippen molar-refractivity contribution in [2.45, 2.75) is 31.1 Å². The Labute approximate surface area is 352 Å². The van der Waals surface area contributed by atoms with Crippen LogP contribution in [0, 0.1) is 0 Å². The van der Waals surface area contributed by atoms with Gasteiger partial charge in [0.1, 0.15) is 11.2 Å². The molecule has 3 heterocycles. The van der Waals surface area contributed by atoms with E-state index in [-0.39, 0.29) is 5.41 Å². The van der Waals surface area contributed by atoms with Crippen molar-refractivity contribution in [1.82, 2.24) is 19.5 Å². The molecule has 1 saturated carbocycles. The molecule has 0 unspecified atom stereocenters. The van der Waals surface area contributed by atoms with E-state index in [9.17, 15) is 0 Å². The van der Waals surface area contributed by atoms with Gasteiger partial charge in [-0.1, -0.05) is 146 Å². The van der Waals surface area contributed by atoms with Crippen LogP contribution in [0.1, 0.15) is 36.8 Å². The summed E-state index contributed by atoms with van der Waals surface area (Å²) in [5.41, 5.74) is 16.0. The lowest BCUT2D eigenvalue weighted by atomic mass is 9.76. The van der Waals surface area contributed by atoms with E-state index in [1.165, 1.54) is 75.3 Å². The molecular formula is C56H38N4O. The van der Waals surface area contributed by atoms with Gasteiger partial charge < -0.3 is 8.98 Å². The first kappa shape index (κ1) is 34.3. The summed E-state index contributed by atoms with van der Waals surface area (Å²) in [7, 11) is 0. The van der Waals surface area contributed by atoms with Crippen molar-refractivity contribution in [3.8, 4) is 62.1 Å². The fourth-order valence-electron chi connectivity index (χ4n) is 10.6. The number of para-hydroxylation sites is 2. The van der Waals surface area contributed by atoms with Crippen molar-refractivity contribution in [1.29, 1.82) is 0 Å². The number of nitrogens with zero attached hydrogens (tertiary/aromatic N) is 4. The van der Waals surface area contributed by atoms with Crippen LogP contribution >= 0.6 is 0 Å². The third-order valence-corrected chi connectivity index (χ3v) is 13.4. The molecule has 0 radical (unpaired) electrons. The van der Waals surface area contributed by atoms with Gasteiger partial charge in [0.15, 0.2) is 17.5 Å². The number of fused-ring (bicyclic) bond motifs is 11. The second-order valence-electron chi connectivity index (χ2n) is 16.7. The van der Waals surface area contributed by atoms with E-state index in [4.69, 9.17) is 19.4 Å². The minimum Gasteiger partial charge on any atom is -0.456 e. The first-order chi connectivity index (χ1) is 30.2. The molecule has 0 bridgehead atoms. The van der Waals surface area contributed by atoms with Gasteiger partial charge in [-0.25, -0.2) is 15.0 Å². The standard InChI is InChI=1S/C56H38N4O/c1-2-13-35(14-3-1)36-23-25-37(26-24-36)53-57-54(59-55(58-53)39-27-28-44-43-19-6-9-22-51(43)61-52(44)32-39)38-15-12-16-40(31-38)60-49-21-8-5-18-42(49)46-33-45-41-17-4-7-20-47(41)56(29-10-11-30-56)48(45)34-50(46)60/h1-9,12-28,31-34H,10-11,29-30H2. The largest absolute Gasteiger partial charge is 0.456 e.